The average molecular weight is 225 g/mol. The highest BCUT2D eigenvalue weighted by Crippen LogP contribution is 2.31. The molecule has 2 N–H and O–H groups in total. The van der Waals surface area contributed by atoms with Crippen LogP contribution >= 0.6 is 0 Å². The second-order valence-electron chi connectivity index (χ2n) is 5.55. The van der Waals surface area contributed by atoms with E-state index in [1.807, 2.05) is 0 Å². The normalized spacial score (nSPS) is 38.2. The van der Waals surface area contributed by atoms with Crippen LogP contribution in [-0.2, 0) is 4.74 Å². The zero-order chi connectivity index (χ0) is 11.6. The van der Waals surface area contributed by atoms with Crippen LogP contribution in [0, 0.1) is 0 Å². The Morgan fingerprint density at radius 2 is 2.00 bits per heavy atom. The molecule has 2 heterocycles. The third kappa shape index (κ3) is 3.06. The SMILES string of the molecule is CC(C)=CCCC1(O)CC2COCC(C1)N2. The van der Waals surface area contributed by atoms with E-state index < -0.39 is 5.60 Å². The predicted molar refractivity (Wildman–Crippen MR) is 64.4 cm³/mol. The van der Waals surface area contributed by atoms with Gasteiger partial charge in [0.25, 0.3) is 0 Å². The van der Waals surface area contributed by atoms with Crippen molar-refractivity contribution < 1.29 is 9.84 Å². The van der Waals surface area contributed by atoms with Crippen LogP contribution < -0.4 is 5.32 Å². The minimum Gasteiger partial charge on any atom is -0.390 e. The molecule has 2 bridgehead atoms. The molecule has 92 valence electrons. The van der Waals surface area contributed by atoms with Crippen LogP contribution in [-0.4, -0.2) is 36.0 Å². The Bertz CT molecular complexity index is 259. The summed E-state index contributed by atoms with van der Waals surface area (Å²) in [5.41, 5.74) is 0.858. The molecule has 3 nitrogen and oxygen atoms in total. The number of nitrogens with one attached hydrogen (secondary N) is 1. The number of rotatable bonds is 3. The van der Waals surface area contributed by atoms with Crippen molar-refractivity contribution in [1.82, 2.24) is 5.32 Å². The van der Waals surface area contributed by atoms with E-state index in [4.69, 9.17) is 4.74 Å². The summed E-state index contributed by atoms with van der Waals surface area (Å²) in [6.07, 6.45) is 5.75. The van der Waals surface area contributed by atoms with Gasteiger partial charge in [-0.1, -0.05) is 11.6 Å². The molecule has 2 saturated heterocycles. The summed E-state index contributed by atoms with van der Waals surface area (Å²) in [6.45, 7) is 5.72. The van der Waals surface area contributed by atoms with Gasteiger partial charge in [0.05, 0.1) is 18.8 Å². The van der Waals surface area contributed by atoms with Gasteiger partial charge in [-0.15, -0.1) is 0 Å². The zero-order valence-corrected chi connectivity index (χ0v) is 10.3. The van der Waals surface area contributed by atoms with Gasteiger partial charge in [0, 0.05) is 12.1 Å². The van der Waals surface area contributed by atoms with E-state index in [1.165, 1.54) is 5.57 Å². The molecule has 0 saturated carbocycles. The molecule has 2 unspecified atom stereocenters. The van der Waals surface area contributed by atoms with Gasteiger partial charge in [-0.2, -0.15) is 0 Å². The van der Waals surface area contributed by atoms with E-state index in [1.54, 1.807) is 0 Å². The Labute approximate surface area is 97.9 Å². The number of morpholine rings is 1. The molecule has 0 radical (unpaired) electrons. The number of hydrogen-bond donors (Lipinski definition) is 2. The molecular formula is C13H23NO2. The maximum Gasteiger partial charge on any atom is 0.0682 e. The third-order valence-electron chi connectivity index (χ3n) is 3.52. The van der Waals surface area contributed by atoms with Crippen molar-refractivity contribution in [3.8, 4) is 0 Å². The number of allylic oxidation sites excluding steroid dienone is 2. The molecule has 0 aromatic carbocycles. The van der Waals surface area contributed by atoms with Gasteiger partial charge < -0.3 is 15.2 Å². The highest BCUT2D eigenvalue weighted by Gasteiger charge is 2.40. The molecule has 0 spiro atoms. The van der Waals surface area contributed by atoms with Crippen LogP contribution in [0.25, 0.3) is 0 Å². The standard InChI is InChI=1S/C13H23NO2/c1-10(2)4-3-5-13(15)6-11-8-16-9-12(7-13)14-11/h4,11-12,14-15H,3,5-9H2,1-2H3. The maximum atomic E-state index is 10.6. The van der Waals surface area contributed by atoms with Gasteiger partial charge in [0.2, 0.25) is 0 Å². The quantitative estimate of drug-likeness (QED) is 0.717. The van der Waals surface area contributed by atoms with E-state index in [9.17, 15) is 5.11 Å². The number of piperidine rings is 1. The van der Waals surface area contributed by atoms with E-state index in [0.717, 1.165) is 38.9 Å². The van der Waals surface area contributed by atoms with E-state index >= 15 is 0 Å². The third-order valence-corrected chi connectivity index (χ3v) is 3.52. The minimum atomic E-state index is -0.476. The molecular weight excluding hydrogens is 202 g/mol. The van der Waals surface area contributed by atoms with Crippen molar-refractivity contribution in [2.24, 2.45) is 0 Å². The van der Waals surface area contributed by atoms with E-state index in [-0.39, 0.29) is 0 Å². The lowest BCUT2D eigenvalue weighted by Gasteiger charge is -2.45. The topological polar surface area (TPSA) is 41.5 Å². The summed E-state index contributed by atoms with van der Waals surface area (Å²) in [6, 6.07) is 0.702. The molecule has 16 heavy (non-hydrogen) atoms. The predicted octanol–water partition coefficient (Wildman–Crippen LogP) is 1.61. The monoisotopic (exact) mass is 225 g/mol. The lowest BCUT2D eigenvalue weighted by atomic mass is 9.80. The van der Waals surface area contributed by atoms with E-state index in [0.29, 0.717) is 12.1 Å². The first-order valence-electron chi connectivity index (χ1n) is 6.27. The molecule has 2 fully saturated rings. The fraction of sp³-hybridized carbons (Fsp3) is 0.846. The summed E-state index contributed by atoms with van der Waals surface area (Å²) < 4.78 is 5.49. The Morgan fingerprint density at radius 1 is 1.38 bits per heavy atom. The molecule has 3 heteroatoms. The van der Waals surface area contributed by atoms with Gasteiger partial charge in [0.15, 0.2) is 0 Å². The fourth-order valence-corrected chi connectivity index (χ4v) is 2.85. The van der Waals surface area contributed by atoms with Crippen LogP contribution in [0.3, 0.4) is 0 Å². The summed E-state index contributed by atoms with van der Waals surface area (Å²) in [4.78, 5) is 0. The molecule has 0 aromatic rings. The van der Waals surface area contributed by atoms with Crippen molar-refractivity contribution in [2.75, 3.05) is 13.2 Å². The van der Waals surface area contributed by atoms with Crippen LogP contribution in [0.15, 0.2) is 11.6 Å². The molecule has 0 amide bonds. The van der Waals surface area contributed by atoms with Crippen LogP contribution in [0.2, 0.25) is 0 Å². The maximum absolute atomic E-state index is 10.6. The Balaban J connectivity index is 1.89. The van der Waals surface area contributed by atoms with Crippen molar-refractivity contribution in [1.29, 1.82) is 0 Å². The van der Waals surface area contributed by atoms with Crippen molar-refractivity contribution in [3.63, 3.8) is 0 Å². The van der Waals surface area contributed by atoms with Crippen LogP contribution in [0.4, 0.5) is 0 Å². The van der Waals surface area contributed by atoms with Gasteiger partial charge in [-0.3, -0.25) is 0 Å². The molecule has 2 rings (SSSR count). The van der Waals surface area contributed by atoms with Crippen molar-refractivity contribution >= 4 is 0 Å². The molecule has 0 aromatic heterocycles. The number of hydrogen-bond acceptors (Lipinski definition) is 3. The zero-order valence-electron chi connectivity index (χ0n) is 10.3. The summed E-state index contributed by atoms with van der Waals surface area (Å²) in [5, 5.41) is 14.1. The molecule has 2 atom stereocenters. The Kier molecular flexibility index (Phi) is 3.67. The highest BCUT2D eigenvalue weighted by molar-refractivity contribution is 5.00. The summed E-state index contributed by atoms with van der Waals surface area (Å²) in [5.74, 6) is 0. The second-order valence-corrected chi connectivity index (χ2v) is 5.55. The number of ether oxygens (including phenoxy) is 1. The fourth-order valence-electron chi connectivity index (χ4n) is 2.85. The molecule has 2 aliphatic rings. The summed E-state index contributed by atoms with van der Waals surface area (Å²) in [7, 11) is 0. The lowest BCUT2D eigenvalue weighted by molar-refractivity contribution is -0.0793. The van der Waals surface area contributed by atoms with Crippen molar-refractivity contribution in [3.05, 3.63) is 11.6 Å². The lowest BCUT2D eigenvalue weighted by Crippen LogP contribution is -2.59. The summed E-state index contributed by atoms with van der Waals surface area (Å²) >= 11 is 0. The average Bonchev–Trinajstić information content (AvgIpc) is 2.15. The first-order chi connectivity index (χ1) is 7.57. The minimum absolute atomic E-state index is 0.351. The molecule has 0 aliphatic carbocycles. The highest BCUT2D eigenvalue weighted by atomic mass is 16.5. The smallest absolute Gasteiger partial charge is 0.0682 e. The Morgan fingerprint density at radius 3 is 2.56 bits per heavy atom. The first kappa shape index (κ1) is 12.1. The first-order valence-corrected chi connectivity index (χ1v) is 6.27. The van der Waals surface area contributed by atoms with Crippen molar-refractivity contribution in [2.45, 2.75) is 57.2 Å². The largest absolute Gasteiger partial charge is 0.390 e. The van der Waals surface area contributed by atoms with Gasteiger partial charge in [-0.25, -0.2) is 0 Å². The second kappa shape index (κ2) is 4.86. The van der Waals surface area contributed by atoms with E-state index in [2.05, 4.69) is 25.2 Å². The van der Waals surface area contributed by atoms with Gasteiger partial charge in [-0.05, 0) is 39.5 Å². The van der Waals surface area contributed by atoms with Gasteiger partial charge in [0.1, 0.15) is 0 Å². The van der Waals surface area contributed by atoms with Crippen LogP contribution in [0.1, 0.15) is 39.5 Å². The Hall–Kier alpha value is -0.380. The number of aliphatic hydroxyl groups is 1. The van der Waals surface area contributed by atoms with Crippen LogP contribution in [0.5, 0.6) is 0 Å². The molecule has 2 aliphatic heterocycles. The van der Waals surface area contributed by atoms with Gasteiger partial charge >= 0.3 is 0 Å². The number of fused-ring (bicyclic) bond motifs is 2.